The van der Waals surface area contributed by atoms with E-state index in [1.807, 2.05) is 25.1 Å². The molecule has 6 heteroatoms. The number of thiophene rings is 1. The third-order valence-corrected chi connectivity index (χ3v) is 5.54. The Labute approximate surface area is 157 Å². The molecule has 1 amide bonds. The first-order chi connectivity index (χ1) is 12.1. The van der Waals surface area contributed by atoms with E-state index >= 15 is 0 Å². The maximum absolute atomic E-state index is 12.5. The van der Waals surface area contributed by atoms with Crippen LogP contribution in [0.15, 0.2) is 35.7 Å². The molecule has 2 heterocycles. The average Bonchev–Trinajstić information content (AvgIpc) is 3.25. The van der Waals surface area contributed by atoms with Crippen molar-refractivity contribution in [3.8, 4) is 0 Å². The van der Waals surface area contributed by atoms with E-state index in [2.05, 4.69) is 21.7 Å². The molecule has 1 fully saturated rings. The zero-order chi connectivity index (χ0) is 17.6. The van der Waals surface area contributed by atoms with Gasteiger partial charge in [0.05, 0.1) is 12.6 Å². The molecule has 2 aromatic rings. The Morgan fingerprint density at radius 1 is 1.44 bits per heavy atom. The highest BCUT2D eigenvalue weighted by Crippen LogP contribution is 2.20. The highest BCUT2D eigenvalue weighted by Gasteiger charge is 2.21. The molecule has 4 nitrogen and oxygen atoms in total. The molecule has 1 aliphatic heterocycles. The molecular weight excluding hydrogens is 356 g/mol. The topological polar surface area (TPSA) is 41.6 Å². The van der Waals surface area contributed by atoms with Crippen LogP contribution in [0.5, 0.6) is 0 Å². The summed E-state index contributed by atoms with van der Waals surface area (Å²) in [5.41, 5.74) is 1.73. The van der Waals surface area contributed by atoms with Gasteiger partial charge in [-0.05, 0) is 48.9 Å². The van der Waals surface area contributed by atoms with Gasteiger partial charge in [-0.2, -0.15) is 0 Å². The molecule has 1 aromatic heterocycles. The summed E-state index contributed by atoms with van der Waals surface area (Å²) in [4.78, 5) is 15.9. The monoisotopic (exact) mass is 378 g/mol. The quantitative estimate of drug-likeness (QED) is 0.779. The van der Waals surface area contributed by atoms with E-state index in [0.29, 0.717) is 11.6 Å². The maximum Gasteiger partial charge on any atom is 0.238 e. The zero-order valence-electron chi connectivity index (χ0n) is 14.3. The number of hydrogen-bond donors (Lipinski definition) is 1. The van der Waals surface area contributed by atoms with Gasteiger partial charge in [0.15, 0.2) is 0 Å². The Kier molecular flexibility index (Phi) is 6.48. The van der Waals surface area contributed by atoms with Crippen molar-refractivity contribution in [3.63, 3.8) is 0 Å². The van der Waals surface area contributed by atoms with Gasteiger partial charge in [-0.3, -0.25) is 9.69 Å². The molecule has 1 N–H and O–H groups in total. The Bertz CT molecular complexity index is 699. The third-order valence-electron chi connectivity index (χ3n) is 4.27. The summed E-state index contributed by atoms with van der Waals surface area (Å²) in [6, 6.07) is 9.72. The molecule has 0 aliphatic carbocycles. The Hall–Kier alpha value is -1.40. The van der Waals surface area contributed by atoms with Gasteiger partial charge in [0.2, 0.25) is 5.91 Å². The molecule has 0 saturated carbocycles. The van der Waals surface area contributed by atoms with Crippen LogP contribution in [0.3, 0.4) is 0 Å². The number of nitrogens with one attached hydrogen (secondary N) is 1. The number of ether oxygens (including phenoxy) is 1. The van der Waals surface area contributed by atoms with E-state index in [1.165, 1.54) is 4.88 Å². The zero-order valence-corrected chi connectivity index (χ0v) is 15.9. The second-order valence-corrected chi connectivity index (χ2v) is 7.84. The fourth-order valence-corrected chi connectivity index (χ4v) is 3.89. The van der Waals surface area contributed by atoms with Crippen LogP contribution in [0.2, 0.25) is 5.02 Å². The van der Waals surface area contributed by atoms with E-state index < -0.39 is 0 Å². The first kappa shape index (κ1) is 18.4. The predicted octanol–water partition coefficient (Wildman–Crippen LogP) is 4.33. The molecular formula is C19H23ClN2O2S. The smallest absolute Gasteiger partial charge is 0.238 e. The van der Waals surface area contributed by atoms with Crippen molar-refractivity contribution in [3.05, 3.63) is 51.2 Å². The van der Waals surface area contributed by atoms with Crippen molar-refractivity contribution < 1.29 is 9.53 Å². The largest absolute Gasteiger partial charge is 0.377 e. The van der Waals surface area contributed by atoms with Gasteiger partial charge in [0.1, 0.15) is 0 Å². The lowest BCUT2D eigenvalue weighted by molar-refractivity contribution is -0.117. The van der Waals surface area contributed by atoms with E-state index in [4.69, 9.17) is 16.3 Å². The molecule has 0 bridgehead atoms. The summed E-state index contributed by atoms with van der Waals surface area (Å²) < 4.78 is 5.74. The number of carbonyl (C=O) groups is 1. The van der Waals surface area contributed by atoms with Crippen LogP contribution in [0.1, 0.15) is 23.3 Å². The van der Waals surface area contributed by atoms with Crippen LogP contribution in [-0.4, -0.2) is 36.6 Å². The first-order valence-electron chi connectivity index (χ1n) is 8.52. The van der Waals surface area contributed by atoms with Crippen molar-refractivity contribution >= 4 is 34.5 Å². The number of halogens is 1. The van der Waals surface area contributed by atoms with E-state index in [1.54, 1.807) is 17.4 Å². The second-order valence-electron chi connectivity index (χ2n) is 6.40. The minimum atomic E-state index is -0.0329. The molecule has 134 valence electrons. The van der Waals surface area contributed by atoms with Gasteiger partial charge >= 0.3 is 0 Å². The minimum Gasteiger partial charge on any atom is -0.377 e. The first-order valence-corrected chi connectivity index (χ1v) is 9.78. The summed E-state index contributed by atoms with van der Waals surface area (Å²) in [5.74, 6) is -0.0329. The lowest BCUT2D eigenvalue weighted by Crippen LogP contribution is -2.37. The number of amides is 1. The fourth-order valence-electron chi connectivity index (χ4n) is 2.96. The average molecular weight is 379 g/mol. The van der Waals surface area contributed by atoms with E-state index in [9.17, 15) is 4.79 Å². The predicted molar refractivity (Wildman–Crippen MR) is 103 cm³/mol. The van der Waals surface area contributed by atoms with Crippen LogP contribution in [0.25, 0.3) is 0 Å². The second kappa shape index (κ2) is 8.81. The third kappa shape index (κ3) is 5.54. The molecule has 0 radical (unpaired) electrons. The van der Waals surface area contributed by atoms with Crippen molar-refractivity contribution in [1.82, 2.24) is 4.90 Å². The Morgan fingerprint density at radius 3 is 3.00 bits per heavy atom. The van der Waals surface area contributed by atoms with Crippen LogP contribution in [0.4, 0.5) is 5.69 Å². The van der Waals surface area contributed by atoms with Crippen LogP contribution in [0, 0.1) is 6.92 Å². The van der Waals surface area contributed by atoms with E-state index in [0.717, 1.165) is 43.8 Å². The summed E-state index contributed by atoms with van der Waals surface area (Å²) >= 11 is 7.85. The van der Waals surface area contributed by atoms with Crippen molar-refractivity contribution in [1.29, 1.82) is 0 Å². The summed E-state index contributed by atoms with van der Waals surface area (Å²) in [6.45, 7) is 4.65. The van der Waals surface area contributed by atoms with E-state index in [-0.39, 0.29) is 12.0 Å². The summed E-state index contributed by atoms with van der Waals surface area (Å²) in [5, 5.41) is 5.67. The lowest BCUT2D eigenvalue weighted by Gasteiger charge is -2.24. The SMILES string of the molecule is Cc1ccc(NC(=O)CN(Cc2cccs2)C[C@@H]2CCCO2)cc1Cl. The number of hydrogen-bond acceptors (Lipinski definition) is 4. The molecule has 1 atom stereocenters. The Morgan fingerprint density at radius 2 is 2.32 bits per heavy atom. The van der Waals surface area contributed by atoms with Crippen molar-refractivity contribution in [2.24, 2.45) is 0 Å². The van der Waals surface area contributed by atoms with Gasteiger partial charge < -0.3 is 10.1 Å². The van der Waals surface area contributed by atoms with Gasteiger partial charge in [-0.15, -0.1) is 11.3 Å². The summed E-state index contributed by atoms with van der Waals surface area (Å²) in [6.07, 6.45) is 2.39. The molecule has 25 heavy (non-hydrogen) atoms. The number of anilines is 1. The van der Waals surface area contributed by atoms with Crippen molar-refractivity contribution in [2.45, 2.75) is 32.4 Å². The lowest BCUT2D eigenvalue weighted by atomic mass is 10.2. The minimum absolute atomic E-state index is 0.0329. The number of benzene rings is 1. The maximum atomic E-state index is 12.5. The normalized spacial score (nSPS) is 17.2. The molecule has 1 aromatic carbocycles. The molecule has 1 aliphatic rings. The number of nitrogens with zero attached hydrogens (tertiary/aromatic N) is 1. The van der Waals surface area contributed by atoms with Gasteiger partial charge in [0, 0.05) is 35.3 Å². The van der Waals surface area contributed by atoms with Crippen LogP contribution >= 0.6 is 22.9 Å². The number of rotatable bonds is 7. The highest BCUT2D eigenvalue weighted by molar-refractivity contribution is 7.09. The summed E-state index contributed by atoms with van der Waals surface area (Å²) in [7, 11) is 0. The molecule has 0 unspecified atom stereocenters. The number of aryl methyl sites for hydroxylation is 1. The fraction of sp³-hybridized carbons (Fsp3) is 0.421. The molecule has 3 rings (SSSR count). The van der Waals surface area contributed by atoms with Gasteiger partial charge in [-0.25, -0.2) is 0 Å². The molecule has 0 spiro atoms. The van der Waals surface area contributed by atoms with Crippen molar-refractivity contribution in [2.75, 3.05) is 25.0 Å². The van der Waals surface area contributed by atoms with Gasteiger partial charge in [0.25, 0.3) is 0 Å². The number of carbonyl (C=O) groups excluding carboxylic acids is 1. The highest BCUT2D eigenvalue weighted by atomic mass is 35.5. The van der Waals surface area contributed by atoms with Gasteiger partial charge in [-0.1, -0.05) is 23.7 Å². The van der Waals surface area contributed by atoms with Crippen LogP contribution < -0.4 is 5.32 Å². The Balaban J connectivity index is 1.61. The standard InChI is InChI=1S/C19H23ClN2O2S/c1-14-6-7-15(10-18(14)20)21-19(23)13-22(11-16-4-2-8-24-16)12-17-5-3-9-25-17/h3,5-7,9-10,16H,2,4,8,11-13H2,1H3,(H,21,23)/t16-/m0/s1. The molecule has 1 saturated heterocycles. The van der Waals surface area contributed by atoms with Crippen LogP contribution in [-0.2, 0) is 16.1 Å².